The molecule has 1 aromatic heterocycles. The van der Waals surface area contributed by atoms with Gasteiger partial charge < -0.3 is 10.4 Å². The maximum atomic E-state index is 13.4. The summed E-state index contributed by atoms with van der Waals surface area (Å²) in [6.07, 6.45) is 2.37. The second kappa shape index (κ2) is 10.3. The maximum Gasteiger partial charge on any atom is 0.228 e. The van der Waals surface area contributed by atoms with Crippen LogP contribution in [0.25, 0.3) is 5.69 Å². The number of hydrogen-bond donors (Lipinski definition) is 2. The Kier molecular flexibility index (Phi) is 7.04. The summed E-state index contributed by atoms with van der Waals surface area (Å²) < 4.78 is 15.2. The van der Waals surface area contributed by atoms with E-state index in [-0.39, 0.29) is 24.0 Å². The molecule has 1 heterocycles. The van der Waals surface area contributed by atoms with Gasteiger partial charge in [0.05, 0.1) is 12.5 Å². The minimum absolute atomic E-state index is 0.145. The Balaban J connectivity index is 1.56. The SMILES string of the molecule is CSc1nnc(CNC(=O)[C@H](Cc2ccc(O)cc2)c2ccccc2)n1-c1ccc(F)cc1. The van der Waals surface area contributed by atoms with Crippen molar-refractivity contribution in [2.75, 3.05) is 6.26 Å². The van der Waals surface area contributed by atoms with E-state index in [1.807, 2.05) is 53.3 Å². The van der Waals surface area contributed by atoms with E-state index in [2.05, 4.69) is 15.5 Å². The summed E-state index contributed by atoms with van der Waals surface area (Å²) in [4.78, 5) is 13.3. The molecule has 0 aliphatic heterocycles. The molecule has 3 aromatic carbocycles. The Bertz CT molecular complexity index is 1210. The van der Waals surface area contributed by atoms with E-state index >= 15 is 0 Å². The van der Waals surface area contributed by atoms with E-state index in [4.69, 9.17) is 0 Å². The largest absolute Gasteiger partial charge is 0.508 e. The molecule has 0 saturated heterocycles. The molecule has 6 nitrogen and oxygen atoms in total. The molecule has 0 bridgehead atoms. The lowest BCUT2D eigenvalue weighted by Gasteiger charge is -2.18. The monoisotopic (exact) mass is 462 g/mol. The average Bonchev–Trinajstić information content (AvgIpc) is 3.26. The van der Waals surface area contributed by atoms with Gasteiger partial charge in [-0.1, -0.05) is 54.2 Å². The summed E-state index contributed by atoms with van der Waals surface area (Å²) in [7, 11) is 0. The summed E-state index contributed by atoms with van der Waals surface area (Å²) in [5.74, 6) is -0.154. The molecule has 0 spiro atoms. The van der Waals surface area contributed by atoms with Crippen molar-refractivity contribution < 1.29 is 14.3 Å². The number of thioether (sulfide) groups is 1. The first kappa shape index (κ1) is 22.5. The van der Waals surface area contributed by atoms with Crippen molar-refractivity contribution in [1.82, 2.24) is 20.1 Å². The molecule has 168 valence electrons. The van der Waals surface area contributed by atoms with Crippen LogP contribution in [0.3, 0.4) is 0 Å². The smallest absolute Gasteiger partial charge is 0.228 e. The zero-order valence-corrected chi connectivity index (χ0v) is 18.8. The van der Waals surface area contributed by atoms with Crippen molar-refractivity contribution in [1.29, 1.82) is 0 Å². The number of aromatic nitrogens is 3. The van der Waals surface area contributed by atoms with Crippen molar-refractivity contribution in [3.8, 4) is 11.4 Å². The lowest BCUT2D eigenvalue weighted by Crippen LogP contribution is -2.31. The molecule has 4 aromatic rings. The summed E-state index contributed by atoms with van der Waals surface area (Å²) in [6, 6.07) is 22.5. The van der Waals surface area contributed by atoms with E-state index in [1.165, 1.54) is 23.9 Å². The first-order chi connectivity index (χ1) is 16.0. The molecule has 0 fully saturated rings. The molecule has 0 unspecified atom stereocenters. The Hall–Kier alpha value is -3.65. The van der Waals surface area contributed by atoms with E-state index in [9.17, 15) is 14.3 Å². The molecule has 33 heavy (non-hydrogen) atoms. The van der Waals surface area contributed by atoms with Gasteiger partial charge in [-0.2, -0.15) is 0 Å². The zero-order chi connectivity index (χ0) is 23.2. The predicted molar refractivity (Wildman–Crippen MR) is 126 cm³/mol. The van der Waals surface area contributed by atoms with Crippen molar-refractivity contribution in [2.24, 2.45) is 0 Å². The number of carbonyl (C=O) groups is 1. The van der Waals surface area contributed by atoms with Gasteiger partial charge in [0, 0.05) is 5.69 Å². The first-order valence-electron chi connectivity index (χ1n) is 10.4. The zero-order valence-electron chi connectivity index (χ0n) is 18.0. The van der Waals surface area contributed by atoms with Gasteiger partial charge in [0.1, 0.15) is 11.6 Å². The van der Waals surface area contributed by atoms with Gasteiger partial charge in [0.25, 0.3) is 0 Å². The maximum absolute atomic E-state index is 13.4. The fourth-order valence-electron chi connectivity index (χ4n) is 3.60. The molecule has 1 atom stereocenters. The van der Waals surface area contributed by atoms with Crippen LogP contribution in [0.4, 0.5) is 4.39 Å². The second-order valence-electron chi connectivity index (χ2n) is 7.47. The highest BCUT2D eigenvalue weighted by molar-refractivity contribution is 7.98. The van der Waals surface area contributed by atoms with Crippen molar-refractivity contribution >= 4 is 17.7 Å². The summed E-state index contributed by atoms with van der Waals surface area (Å²) in [5, 5.41) is 21.6. The molecule has 2 N–H and O–H groups in total. The fourth-order valence-corrected chi connectivity index (χ4v) is 4.12. The quantitative estimate of drug-likeness (QED) is 0.378. The van der Waals surface area contributed by atoms with Gasteiger partial charge in [-0.05, 0) is 60.2 Å². The van der Waals surface area contributed by atoms with Crippen LogP contribution in [-0.2, 0) is 17.8 Å². The number of carbonyl (C=O) groups excluding carboxylic acids is 1. The highest BCUT2D eigenvalue weighted by Gasteiger charge is 2.22. The highest BCUT2D eigenvalue weighted by atomic mass is 32.2. The lowest BCUT2D eigenvalue weighted by atomic mass is 9.91. The van der Waals surface area contributed by atoms with Crippen LogP contribution >= 0.6 is 11.8 Å². The molecule has 4 rings (SSSR count). The van der Waals surface area contributed by atoms with Crippen molar-refractivity contribution in [3.05, 3.63) is 102 Å². The normalized spacial score (nSPS) is 11.8. The number of aromatic hydroxyl groups is 1. The minimum atomic E-state index is -0.419. The topological polar surface area (TPSA) is 80.0 Å². The van der Waals surface area contributed by atoms with E-state index in [0.717, 1.165) is 16.8 Å². The van der Waals surface area contributed by atoms with Crippen molar-refractivity contribution in [3.63, 3.8) is 0 Å². The Labute approximate surface area is 195 Å². The van der Waals surface area contributed by atoms with Gasteiger partial charge in [0.15, 0.2) is 11.0 Å². The van der Waals surface area contributed by atoms with Crippen LogP contribution in [0.1, 0.15) is 22.9 Å². The number of phenols is 1. The van der Waals surface area contributed by atoms with E-state index < -0.39 is 5.92 Å². The van der Waals surface area contributed by atoms with Crippen LogP contribution in [-0.4, -0.2) is 32.0 Å². The molecule has 0 radical (unpaired) electrons. The van der Waals surface area contributed by atoms with Gasteiger partial charge in [0.2, 0.25) is 5.91 Å². The standard InChI is InChI=1S/C25H23FN4O2S/c1-33-25-29-28-23(30(25)20-11-9-19(26)10-12-20)16-27-24(32)22(18-5-3-2-4-6-18)15-17-7-13-21(31)14-8-17/h2-14,22,31H,15-16H2,1H3,(H,27,32)/t22-/m1/s1. The average molecular weight is 463 g/mol. The number of halogens is 1. The number of nitrogens with one attached hydrogen (secondary N) is 1. The van der Waals surface area contributed by atoms with E-state index in [1.54, 1.807) is 24.3 Å². The van der Waals surface area contributed by atoms with Crippen LogP contribution in [0, 0.1) is 5.82 Å². The highest BCUT2D eigenvalue weighted by Crippen LogP contribution is 2.24. The third kappa shape index (κ3) is 5.40. The van der Waals surface area contributed by atoms with Gasteiger partial charge in [-0.15, -0.1) is 10.2 Å². The molecule has 0 aliphatic rings. The number of phenolic OH excluding ortho intramolecular Hbond substituents is 1. The van der Waals surface area contributed by atoms with Gasteiger partial charge >= 0.3 is 0 Å². The predicted octanol–water partition coefficient (Wildman–Crippen LogP) is 4.48. The molecule has 8 heteroatoms. The van der Waals surface area contributed by atoms with Crippen LogP contribution < -0.4 is 5.32 Å². The Morgan fingerprint density at radius 3 is 2.39 bits per heavy atom. The number of rotatable bonds is 8. The number of amides is 1. The number of nitrogens with zero attached hydrogens (tertiary/aromatic N) is 3. The summed E-state index contributed by atoms with van der Waals surface area (Å²) in [6.45, 7) is 0.169. The Morgan fingerprint density at radius 2 is 1.73 bits per heavy atom. The molecule has 0 aliphatic carbocycles. The minimum Gasteiger partial charge on any atom is -0.508 e. The van der Waals surface area contributed by atoms with Crippen LogP contribution in [0.5, 0.6) is 5.75 Å². The third-order valence-electron chi connectivity index (χ3n) is 5.28. The number of hydrogen-bond acceptors (Lipinski definition) is 5. The fraction of sp³-hybridized carbons (Fsp3) is 0.160. The van der Waals surface area contributed by atoms with Gasteiger partial charge in [-0.25, -0.2) is 4.39 Å². The second-order valence-corrected chi connectivity index (χ2v) is 8.24. The lowest BCUT2D eigenvalue weighted by molar-refractivity contribution is -0.122. The summed E-state index contributed by atoms with van der Waals surface area (Å²) in [5.41, 5.74) is 2.56. The third-order valence-corrected chi connectivity index (χ3v) is 5.91. The van der Waals surface area contributed by atoms with Crippen LogP contribution in [0.2, 0.25) is 0 Å². The molecular weight excluding hydrogens is 439 g/mol. The van der Waals surface area contributed by atoms with Crippen LogP contribution in [0.15, 0.2) is 84.0 Å². The van der Waals surface area contributed by atoms with Gasteiger partial charge in [-0.3, -0.25) is 9.36 Å². The first-order valence-corrected chi connectivity index (χ1v) is 11.6. The number of benzene rings is 3. The molecule has 1 amide bonds. The van der Waals surface area contributed by atoms with E-state index in [0.29, 0.717) is 17.4 Å². The molecule has 0 saturated carbocycles. The summed E-state index contributed by atoms with van der Waals surface area (Å²) >= 11 is 1.42. The van der Waals surface area contributed by atoms with Crippen molar-refractivity contribution in [2.45, 2.75) is 24.0 Å². The Morgan fingerprint density at radius 1 is 1.03 bits per heavy atom. The molecular formula is C25H23FN4O2S.